The van der Waals surface area contributed by atoms with Gasteiger partial charge in [0.05, 0.1) is 7.11 Å². The van der Waals surface area contributed by atoms with Crippen molar-refractivity contribution in [2.45, 2.75) is 19.1 Å². The number of carboxylic acid groups (broad SMARTS) is 1. The third-order valence-corrected chi connectivity index (χ3v) is 4.40. The first-order valence-electron chi connectivity index (χ1n) is 8.16. The topological polar surface area (TPSA) is 76.1 Å². The number of nitrogens with zero attached hydrogens (tertiary/aromatic N) is 1. The summed E-state index contributed by atoms with van der Waals surface area (Å²) < 4.78 is 34.3. The Hall–Kier alpha value is -3.16. The van der Waals surface area contributed by atoms with Gasteiger partial charge in [0.15, 0.2) is 17.5 Å². The van der Waals surface area contributed by atoms with Crippen molar-refractivity contribution >= 4 is 11.9 Å². The number of fused-ring (bicyclic) bond motifs is 1. The van der Waals surface area contributed by atoms with E-state index in [4.69, 9.17) is 4.74 Å². The lowest BCUT2D eigenvalue weighted by molar-refractivity contribution is -0.143. The summed E-state index contributed by atoms with van der Waals surface area (Å²) >= 11 is 0. The van der Waals surface area contributed by atoms with Gasteiger partial charge < -0.3 is 19.5 Å². The highest BCUT2D eigenvalue weighted by molar-refractivity contribution is 5.97. The number of rotatable bonds is 5. The van der Waals surface area contributed by atoms with Gasteiger partial charge in [-0.05, 0) is 35.7 Å². The Balaban J connectivity index is 1.94. The van der Waals surface area contributed by atoms with Crippen LogP contribution in [-0.4, -0.2) is 42.1 Å². The molecule has 0 saturated carbocycles. The van der Waals surface area contributed by atoms with E-state index in [0.717, 1.165) is 5.56 Å². The molecule has 0 saturated heterocycles. The zero-order valence-electron chi connectivity index (χ0n) is 14.4. The van der Waals surface area contributed by atoms with Gasteiger partial charge in [-0.2, -0.15) is 8.78 Å². The van der Waals surface area contributed by atoms with Gasteiger partial charge in [0.25, 0.3) is 5.91 Å². The summed E-state index contributed by atoms with van der Waals surface area (Å²) in [5.41, 5.74) is 1.57. The average Bonchev–Trinajstić information content (AvgIpc) is 2.66. The van der Waals surface area contributed by atoms with Crippen molar-refractivity contribution in [3.63, 3.8) is 0 Å². The molecule has 1 unspecified atom stereocenters. The molecule has 1 N–H and O–H groups in total. The van der Waals surface area contributed by atoms with E-state index in [1.165, 1.54) is 30.2 Å². The smallest absolute Gasteiger partial charge is 0.387 e. The van der Waals surface area contributed by atoms with Crippen LogP contribution in [0.1, 0.15) is 27.5 Å². The molecule has 0 bridgehead atoms. The summed E-state index contributed by atoms with van der Waals surface area (Å²) in [7, 11) is 1.26. The average molecular weight is 377 g/mol. The fourth-order valence-electron chi connectivity index (χ4n) is 3.21. The number of carboxylic acids is 1. The van der Waals surface area contributed by atoms with Crippen molar-refractivity contribution in [1.82, 2.24) is 4.90 Å². The number of ether oxygens (including phenoxy) is 2. The molecule has 0 radical (unpaired) electrons. The Kier molecular flexibility index (Phi) is 5.25. The highest BCUT2D eigenvalue weighted by Gasteiger charge is 2.36. The van der Waals surface area contributed by atoms with E-state index >= 15 is 0 Å². The van der Waals surface area contributed by atoms with Crippen molar-refractivity contribution < 1.29 is 33.0 Å². The minimum atomic E-state index is -3.03. The predicted octanol–water partition coefficient (Wildman–Crippen LogP) is 3.12. The Morgan fingerprint density at radius 2 is 1.93 bits per heavy atom. The van der Waals surface area contributed by atoms with Crippen LogP contribution >= 0.6 is 0 Å². The zero-order chi connectivity index (χ0) is 19.6. The number of methoxy groups -OCH3 is 1. The van der Waals surface area contributed by atoms with Crippen molar-refractivity contribution in [2.75, 3.05) is 13.7 Å². The Bertz CT molecular complexity index is 871. The van der Waals surface area contributed by atoms with Crippen molar-refractivity contribution in [3.8, 4) is 11.5 Å². The zero-order valence-corrected chi connectivity index (χ0v) is 14.4. The molecule has 1 amide bonds. The number of benzene rings is 2. The fourth-order valence-corrected chi connectivity index (χ4v) is 3.21. The summed E-state index contributed by atoms with van der Waals surface area (Å²) in [5, 5.41) is 9.67. The molecular weight excluding hydrogens is 360 g/mol. The van der Waals surface area contributed by atoms with E-state index in [-0.39, 0.29) is 23.6 Å². The number of carbonyl (C=O) groups excluding carboxylic acids is 1. The van der Waals surface area contributed by atoms with Crippen LogP contribution in [0.4, 0.5) is 8.78 Å². The van der Waals surface area contributed by atoms with E-state index in [9.17, 15) is 23.5 Å². The third kappa shape index (κ3) is 3.69. The normalized spacial score (nSPS) is 16.0. The summed E-state index contributed by atoms with van der Waals surface area (Å²) in [6.45, 7) is -2.81. The molecule has 8 heteroatoms. The van der Waals surface area contributed by atoms with Crippen LogP contribution in [0, 0.1) is 0 Å². The molecule has 6 nitrogen and oxygen atoms in total. The maximum atomic E-state index is 12.9. The summed E-state index contributed by atoms with van der Waals surface area (Å²) in [6.07, 6.45) is 0.523. The number of aliphatic carboxylic acids is 1. The second-order valence-electron chi connectivity index (χ2n) is 5.93. The van der Waals surface area contributed by atoms with Gasteiger partial charge in [-0.3, -0.25) is 4.79 Å². The van der Waals surface area contributed by atoms with E-state index in [0.29, 0.717) is 12.0 Å². The SMILES string of the molecule is COc1cc(C(=O)N2CCc3ccccc3C2C(=O)O)ccc1OC(F)F. The highest BCUT2D eigenvalue weighted by Crippen LogP contribution is 2.34. The van der Waals surface area contributed by atoms with Crippen LogP contribution in [0.25, 0.3) is 0 Å². The Morgan fingerprint density at radius 1 is 1.19 bits per heavy atom. The maximum Gasteiger partial charge on any atom is 0.387 e. The van der Waals surface area contributed by atoms with Gasteiger partial charge in [0.1, 0.15) is 0 Å². The van der Waals surface area contributed by atoms with Crippen LogP contribution in [0.15, 0.2) is 42.5 Å². The van der Waals surface area contributed by atoms with E-state index in [2.05, 4.69) is 4.74 Å². The molecule has 0 aliphatic carbocycles. The largest absolute Gasteiger partial charge is 0.493 e. The van der Waals surface area contributed by atoms with Gasteiger partial charge in [-0.25, -0.2) is 4.79 Å². The van der Waals surface area contributed by atoms with Gasteiger partial charge in [0, 0.05) is 12.1 Å². The molecule has 27 heavy (non-hydrogen) atoms. The standard InChI is InChI=1S/C19H17F2NO5/c1-26-15-10-12(6-7-14(15)27-19(20)21)17(23)22-9-8-11-4-2-3-5-13(11)16(22)18(24)25/h2-7,10,16,19H,8-9H2,1H3,(H,24,25). The van der Waals surface area contributed by atoms with Crippen LogP contribution < -0.4 is 9.47 Å². The summed E-state index contributed by atoms with van der Waals surface area (Å²) in [5.74, 6) is -1.91. The number of amides is 1. The second kappa shape index (κ2) is 7.61. The van der Waals surface area contributed by atoms with Gasteiger partial charge in [0.2, 0.25) is 0 Å². The van der Waals surface area contributed by atoms with Crippen molar-refractivity contribution in [1.29, 1.82) is 0 Å². The van der Waals surface area contributed by atoms with E-state index < -0.39 is 24.5 Å². The first-order valence-corrected chi connectivity index (χ1v) is 8.16. The molecule has 142 valence electrons. The number of hydrogen-bond acceptors (Lipinski definition) is 4. The van der Waals surface area contributed by atoms with E-state index in [1.807, 2.05) is 12.1 Å². The van der Waals surface area contributed by atoms with Crippen LogP contribution in [0.2, 0.25) is 0 Å². The van der Waals surface area contributed by atoms with Crippen LogP contribution in [0.3, 0.4) is 0 Å². The quantitative estimate of drug-likeness (QED) is 0.867. The van der Waals surface area contributed by atoms with Crippen molar-refractivity contribution in [2.24, 2.45) is 0 Å². The van der Waals surface area contributed by atoms with E-state index in [1.54, 1.807) is 12.1 Å². The van der Waals surface area contributed by atoms with Gasteiger partial charge in [-0.15, -0.1) is 0 Å². The maximum absolute atomic E-state index is 12.9. The molecule has 2 aromatic rings. The molecular formula is C19H17F2NO5. The van der Waals surface area contributed by atoms with Crippen LogP contribution in [-0.2, 0) is 11.2 Å². The summed E-state index contributed by atoms with van der Waals surface area (Å²) in [4.78, 5) is 26.0. The Morgan fingerprint density at radius 3 is 2.59 bits per heavy atom. The lowest BCUT2D eigenvalue weighted by Gasteiger charge is -2.34. The lowest BCUT2D eigenvalue weighted by Crippen LogP contribution is -2.43. The van der Waals surface area contributed by atoms with Gasteiger partial charge >= 0.3 is 12.6 Å². The molecule has 1 atom stereocenters. The third-order valence-electron chi connectivity index (χ3n) is 4.40. The molecule has 0 fully saturated rings. The Labute approximate surface area is 153 Å². The molecule has 0 spiro atoms. The first-order chi connectivity index (χ1) is 12.9. The molecule has 1 aliphatic rings. The minimum absolute atomic E-state index is 0.0366. The number of hydrogen-bond donors (Lipinski definition) is 1. The lowest BCUT2D eigenvalue weighted by atomic mass is 9.92. The number of carbonyl (C=O) groups is 2. The van der Waals surface area contributed by atoms with Crippen molar-refractivity contribution in [3.05, 3.63) is 59.2 Å². The monoisotopic (exact) mass is 377 g/mol. The highest BCUT2D eigenvalue weighted by atomic mass is 19.3. The number of halogens is 2. The first kappa shape index (κ1) is 18.6. The fraction of sp³-hybridized carbons (Fsp3) is 0.263. The molecule has 1 aliphatic heterocycles. The molecule has 0 aromatic heterocycles. The second-order valence-corrected chi connectivity index (χ2v) is 5.93. The summed E-state index contributed by atoms with van der Waals surface area (Å²) in [6, 6.07) is 9.73. The van der Waals surface area contributed by atoms with Crippen LogP contribution in [0.5, 0.6) is 11.5 Å². The minimum Gasteiger partial charge on any atom is -0.493 e. The molecule has 3 rings (SSSR count). The molecule has 1 heterocycles. The molecule has 2 aromatic carbocycles. The predicted molar refractivity (Wildman–Crippen MR) is 91.2 cm³/mol. The van der Waals surface area contributed by atoms with Gasteiger partial charge in [-0.1, -0.05) is 24.3 Å². The number of alkyl halides is 2.